The summed E-state index contributed by atoms with van der Waals surface area (Å²) in [6.07, 6.45) is 0.451. The number of hydrogen-bond acceptors (Lipinski definition) is 3. The maximum Gasteiger partial charge on any atom is 0.240 e. The van der Waals surface area contributed by atoms with Gasteiger partial charge in [-0.3, -0.25) is 9.69 Å². The Morgan fingerprint density at radius 3 is 2.43 bits per heavy atom. The van der Waals surface area contributed by atoms with Gasteiger partial charge in [0.25, 0.3) is 0 Å². The van der Waals surface area contributed by atoms with Crippen LogP contribution in [0.3, 0.4) is 0 Å². The molecule has 28 heavy (non-hydrogen) atoms. The summed E-state index contributed by atoms with van der Waals surface area (Å²) >= 11 is 0. The second-order valence-corrected chi connectivity index (χ2v) is 8.05. The lowest BCUT2D eigenvalue weighted by Gasteiger charge is -2.37. The summed E-state index contributed by atoms with van der Waals surface area (Å²) in [5.41, 5.74) is 3.26. The average Bonchev–Trinajstić information content (AvgIpc) is 3.05. The zero-order valence-electron chi connectivity index (χ0n) is 16.2. The van der Waals surface area contributed by atoms with Crippen molar-refractivity contribution in [3.63, 3.8) is 0 Å². The molecule has 0 radical (unpaired) electrons. The lowest BCUT2D eigenvalue weighted by atomic mass is 9.87. The molecule has 2 fully saturated rings. The first-order valence-electron chi connectivity index (χ1n) is 10.0. The number of alkyl halides is 1. The van der Waals surface area contributed by atoms with Crippen LogP contribution in [-0.4, -0.2) is 52.7 Å². The summed E-state index contributed by atoms with van der Waals surface area (Å²) in [4.78, 5) is 16.8. The minimum absolute atomic E-state index is 0.121. The van der Waals surface area contributed by atoms with Crippen LogP contribution in [0.25, 0.3) is 0 Å². The second-order valence-electron chi connectivity index (χ2n) is 8.05. The predicted octanol–water partition coefficient (Wildman–Crippen LogP) is 3.63. The lowest BCUT2D eigenvalue weighted by Crippen LogP contribution is -2.49. The molecule has 0 unspecified atom stereocenters. The average molecular weight is 382 g/mol. The highest BCUT2D eigenvalue weighted by atomic mass is 19.1. The molecule has 0 bridgehead atoms. The third-order valence-corrected chi connectivity index (χ3v) is 6.10. The molecule has 0 saturated carbocycles. The molecular weight excluding hydrogens is 355 g/mol. The summed E-state index contributed by atoms with van der Waals surface area (Å²) in [6.45, 7) is 4.42. The van der Waals surface area contributed by atoms with Crippen molar-refractivity contribution in [1.29, 1.82) is 0 Å². The monoisotopic (exact) mass is 382 g/mol. The Morgan fingerprint density at radius 2 is 1.75 bits per heavy atom. The van der Waals surface area contributed by atoms with Crippen molar-refractivity contribution in [2.24, 2.45) is 0 Å². The SMILES string of the molecule is Cc1ccc(CN2CC[C@H](N3CC[C@@H](c4ccc(O)cc4)[C@@H](F)C3)C2=O)cc1. The number of phenols is 1. The number of halogens is 1. The van der Waals surface area contributed by atoms with Crippen molar-refractivity contribution in [2.75, 3.05) is 19.6 Å². The lowest BCUT2D eigenvalue weighted by molar-refractivity contribution is -0.133. The summed E-state index contributed by atoms with van der Waals surface area (Å²) in [5, 5.41) is 9.44. The molecule has 4 nitrogen and oxygen atoms in total. The topological polar surface area (TPSA) is 43.8 Å². The Kier molecular flexibility index (Phi) is 5.36. The summed E-state index contributed by atoms with van der Waals surface area (Å²) in [5.74, 6) is 0.148. The Labute approximate surface area is 165 Å². The molecule has 2 aromatic rings. The van der Waals surface area contributed by atoms with Gasteiger partial charge in [-0.25, -0.2) is 4.39 Å². The fraction of sp³-hybridized carbons (Fsp3) is 0.435. The van der Waals surface area contributed by atoms with E-state index >= 15 is 0 Å². The predicted molar refractivity (Wildman–Crippen MR) is 107 cm³/mol. The molecule has 5 heteroatoms. The third-order valence-electron chi connectivity index (χ3n) is 6.10. The van der Waals surface area contributed by atoms with Crippen LogP contribution >= 0.6 is 0 Å². The number of rotatable bonds is 4. The number of likely N-dealkylation sites (tertiary alicyclic amines) is 2. The van der Waals surface area contributed by atoms with Crippen molar-refractivity contribution < 1.29 is 14.3 Å². The smallest absolute Gasteiger partial charge is 0.240 e. The van der Waals surface area contributed by atoms with Crippen LogP contribution < -0.4 is 0 Å². The summed E-state index contributed by atoms with van der Waals surface area (Å²) in [7, 11) is 0. The van der Waals surface area contributed by atoms with E-state index in [1.165, 1.54) is 5.56 Å². The van der Waals surface area contributed by atoms with Crippen LogP contribution in [-0.2, 0) is 11.3 Å². The summed E-state index contributed by atoms with van der Waals surface area (Å²) in [6, 6.07) is 14.9. The fourth-order valence-corrected chi connectivity index (χ4v) is 4.44. The van der Waals surface area contributed by atoms with Gasteiger partial charge in [0.15, 0.2) is 0 Å². The van der Waals surface area contributed by atoms with Crippen molar-refractivity contribution >= 4 is 5.91 Å². The van der Waals surface area contributed by atoms with Gasteiger partial charge in [-0.1, -0.05) is 42.0 Å². The van der Waals surface area contributed by atoms with Gasteiger partial charge in [0.05, 0.1) is 6.04 Å². The number of carbonyl (C=O) groups is 1. The largest absolute Gasteiger partial charge is 0.508 e. The van der Waals surface area contributed by atoms with Gasteiger partial charge in [0.2, 0.25) is 5.91 Å². The standard InChI is InChI=1S/C23H27FN2O2/c1-16-2-4-17(5-3-16)14-26-13-11-22(23(26)28)25-12-10-20(21(24)15-25)18-6-8-19(27)9-7-18/h2-9,20-22,27H,10-15H2,1H3/t20-,21-,22-/m0/s1. The van der Waals surface area contributed by atoms with E-state index in [4.69, 9.17) is 0 Å². The van der Waals surface area contributed by atoms with Crippen molar-refractivity contribution in [2.45, 2.75) is 44.4 Å². The molecule has 0 spiro atoms. The Morgan fingerprint density at radius 1 is 1.04 bits per heavy atom. The molecular formula is C23H27FN2O2. The number of carbonyl (C=O) groups excluding carboxylic acids is 1. The molecule has 2 heterocycles. The van der Waals surface area contributed by atoms with Gasteiger partial charge in [-0.2, -0.15) is 0 Å². The van der Waals surface area contributed by atoms with E-state index in [2.05, 4.69) is 31.2 Å². The first-order valence-corrected chi connectivity index (χ1v) is 10.0. The highest BCUT2D eigenvalue weighted by Crippen LogP contribution is 2.33. The van der Waals surface area contributed by atoms with Crippen LogP contribution in [0.15, 0.2) is 48.5 Å². The van der Waals surface area contributed by atoms with Gasteiger partial charge < -0.3 is 10.0 Å². The highest BCUT2D eigenvalue weighted by molar-refractivity contribution is 5.84. The van der Waals surface area contributed by atoms with Gasteiger partial charge >= 0.3 is 0 Å². The second kappa shape index (κ2) is 7.92. The molecule has 0 aromatic heterocycles. The number of nitrogens with zero attached hydrogens (tertiary/aromatic N) is 2. The van der Waals surface area contributed by atoms with E-state index in [0.29, 0.717) is 19.5 Å². The van der Waals surface area contributed by atoms with E-state index in [1.807, 2.05) is 9.80 Å². The Balaban J connectivity index is 1.37. The van der Waals surface area contributed by atoms with Gasteiger partial charge in [0.1, 0.15) is 11.9 Å². The highest BCUT2D eigenvalue weighted by Gasteiger charge is 2.40. The minimum Gasteiger partial charge on any atom is -0.508 e. The fourth-order valence-electron chi connectivity index (χ4n) is 4.44. The number of aromatic hydroxyl groups is 1. The molecule has 3 atom stereocenters. The Hall–Kier alpha value is -2.40. The maximum absolute atomic E-state index is 14.9. The zero-order chi connectivity index (χ0) is 19.7. The van der Waals surface area contributed by atoms with Gasteiger partial charge in [0, 0.05) is 25.6 Å². The molecule has 1 N–H and O–H groups in total. The quantitative estimate of drug-likeness (QED) is 0.878. The minimum atomic E-state index is -1.00. The molecule has 0 aliphatic carbocycles. The number of phenolic OH excluding ortho intramolecular Hbond substituents is 1. The normalized spacial score (nSPS) is 26.0. The van der Waals surface area contributed by atoms with E-state index in [9.17, 15) is 14.3 Å². The van der Waals surface area contributed by atoms with E-state index in [1.54, 1.807) is 24.3 Å². The molecule has 4 rings (SSSR count). The van der Waals surface area contributed by atoms with Crippen molar-refractivity contribution in [1.82, 2.24) is 9.80 Å². The number of piperidine rings is 1. The number of amides is 1. The van der Waals surface area contributed by atoms with Crippen molar-refractivity contribution in [3.05, 3.63) is 65.2 Å². The van der Waals surface area contributed by atoms with E-state index in [0.717, 1.165) is 30.6 Å². The van der Waals surface area contributed by atoms with Crippen LogP contribution in [0.4, 0.5) is 4.39 Å². The zero-order valence-corrected chi connectivity index (χ0v) is 16.2. The van der Waals surface area contributed by atoms with E-state index < -0.39 is 6.17 Å². The molecule has 2 aromatic carbocycles. The van der Waals surface area contributed by atoms with Crippen molar-refractivity contribution in [3.8, 4) is 5.75 Å². The molecule has 2 aliphatic rings. The maximum atomic E-state index is 14.9. The molecule has 2 saturated heterocycles. The van der Waals surface area contributed by atoms with Crippen LogP contribution in [0, 0.1) is 6.92 Å². The first-order chi connectivity index (χ1) is 13.5. The van der Waals surface area contributed by atoms with E-state index in [-0.39, 0.29) is 23.6 Å². The van der Waals surface area contributed by atoms with Crippen LogP contribution in [0.5, 0.6) is 5.75 Å². The molecule has 2 aliphatic heterocycles. The summed E-state index contributed by atoms with van der Waals surface area (Å²) < 4.78 is 14.9. The first kappa shape index (κ1) is 18.9. The van der Waals surface area contributed by atoms with Crippen LogP contribution in [0.2, 0.25) is 0 Å². The number of aryl methyl sites for hydroxylation is 1. The molecule has 148 valence electrons. The van der Waals surface area contributed by atoms with Gasteiger partial charge in [-0.05, 0) is 49.6 Å². The Bertz CT molecular complexity index is 822. The van der Waals surface area contributed by atoms with Gasteiger partial charge in [-0.15, -0.1) is 0 Å². The number of benzene rings is 2. The molecule has 1 amide bonds. The number of hydrogen-bond donors (Lipinski definition) is 1. The third kappa shape index (κ3) is 3.90. The van der Waals surface area contributed by atoms with Crippen LogP contribution in [0.1, 0.15) is 35.4 Å².